The molecule has 2 aliphatic heterocycles. The van der Waals surface area contributed by atoms with E-state index in [1.165, 1.54) is 22.9 Å². The Balaban J connectivity index is 1.98. The number of β-lactam (4-membered cyclic amide) rings is 1. The number of nitrogens with zero attached hydrogens (tertiary/aromatic N) is 2. The van der Waals surface area contributed by atoms with E-state index < -0.39 is 23.4 Å². The lowest BCUT2D eigenvalue weighted by Gasteiger charge is -2.43. The van der Waals surface area contributed by atoms with Crippen molar-refractivity contribution in [3.05, 3.63) is 35.4 Å². The molecule has 3 rings (SSSR count). The third kappa shape index (κ3) is 2.34. The van der Waals surface area contributed by atoms with Crippen LogP contribution in [0.4, 0.5) is 4.39 Å². The van der Waals surface area contributed by atoms with E-state index >= 15 is 0 Å². The van der Waals surface area contributed by atoms with E-state index in [-0.39, 0.29) is 17.1 Å². The molecule has 1 aromatic carbocycles. The second kappa shape index (κ2) is 5.63. The zero-order chi connectivity index (χ0) is 16.8. The van der Waals surface area contributed by atoms with Gasteiger partial charge >= 0.3 is 0 Å². The maximum absolute atomic E-state index is 13.0. The molecule has 0 bridgehead atoms. The first-order valence-corrected chi connectivity index (χ1v) is 8.17. The minimum Gasteiger partial charge on any atom is -0.411 e. The summed E-state index contributed by atoms with van der Waals surface area (Å²) in [4.78, 5) is 26.7. The summed E-state index contributed by atoms with van der Waals surface area (Å²) in [5, 5.41) is 11.5. The highest BCUT2D eigenvalue weighted by Gasteiger charge is 2.63. The largest absolute Gasteiger partial charge is 0.411 e. The van der Waals surface area contributed by atoms with Gasteiger partial charge in [-0.3, -0.25) is 14.0 Å². The number of rotatable bonds is 4. The van der Waals surface area contributed by atoms with Crippen molar-refractivity contribution in [3.63, 3.8) is 0 Å². The molecule has 0 unspecified atom stereocenters. The number of thioether (sulfide) groups is 1. The lowest BCUT2D eigenvalue weighted by Crippen LogP contribution is -2.63. The van der Waals surface area contributed by atoms with Gasteiger partial charge in [0.2, 0.25) is 5.91 Å². The van der Waals surface area contributed by atoms with Gasteiger partial charge in [-0.15, -0.1) is 11.8 Å². The Morgan fingerprint density at radius 2 is 2.17 bits per heavy atom. The Morgan fingerprint density at radius 1 is 1.48 bits per heavy atom. The molecular weight excluding hydrogens is 319 g/mol. The third-order valence-corrected chi connectivity index (χ3v) is 6.02. The molecule has 0 radical (unpaired) electrons. The number of carbonyl (C=O) groups excluding carboxylic acids is 2. The molecule has 0 aromatic heterocycles. The van der Waals surface area contributed by atoms with Crippen molar-refractivity contribution in [3.8, 4) is 0 Å². The van der Waals surface area contributed by atoms with Crippen LogP contribution < -0.4 is 0 Å². The fourth-order valence-corrected chi connectivity index (χ4v) is 4.97. The van der Waals surface area contributed by atoms with Crippen molar-refractivity contribution in [2.75, 3.05) is 6.67 Å². The molecule has 1 aromatic rings. The van der Waals surface area contributed by atoms with E-state index in [4.69, 9.17) is 5.21 Å². The summed E-state index contributed by atoms with van der Waals surface area (Å²) in [6, 6.07) is 6.11. The second-order valence-electron chi connectivity index (χ2n) is 6.22. The topological polar surface area (TPSA) is 70.0 Å². The zero-order valence-electron chi connectivity index (χ0n) is 12.8. The fraction of sp³-hybridized carbons (Fsp3) is 0.438. The van der Waals surface area contributed by atoms with Gasteiger partial charge in [-0.1, -0.05) is 29.4 Å². The fourth-order valence-electron chi connectivity index (χ4n) is 3.30. The van der Waals surface area contributed by atoms with Gasteiger partial charge in [0.15, 0.2) is 5.78 Å². The van der Waals surface area contributed by atoms with E-state index in [2.05, 4.69) is 5.16 Å². The SMILES string of the molecule is CC1(C)S[C@@H]2[C@H](CF)C(=O)N2[C@H]1C(=O)c1ccccc1/C=N/O. The molecule has 23 heavy (non-hydrogen) atoms. The van der Waals surface area contributed by atoms with E-state index in [0.717, 1.165) is 0 Å². The van der Waals surface area contributed by atoms with Crippen LogP contribution in [0.3, 0.4) is 0 Å². The standard InChI is InChI=1S/C16H17FN2O3S/c1-16(2)13(19-14(21)11(7-17)15(19)23-16)12(20)10-6-4-3-5-9(10)8-18-22/h3-6,8,11,13,15,22H,7H2,1-2H3/b18-8+/t11-,13+,15-/m1/s1. The van der Waals surface area contributed by atoms with Crippen molar-refractivity contribution < 1.29 is 19.2 Å². The molecule has 2 saturated heterocycles. The van der Waals surface area contributed by atoms with E-state index in [9.17, 15) is 14.0 Å². The Labute approximate surface area is 137 Å². The number of amides is 1. The molecule has 0 spiro atoms. The van der Waals surface area contributed by atoms with E-state index in [1.54, 1.807) is 24.3 Å². The maximum atomic E-state index is 13.0. The number of oxime groups is 1. The van der Waals surface area contributed by atoms with Gasteiger partial charge in [0.1, 0.15) is 12.7 Å². The normalized spacial score (nSPS) is 28.7. The van der Waals surface area contributed by atoms with Crippen molar-refractivity contribution in [2.45, 2.75) is 30.0 Å². The lowest BCUT2D eigenvalue weighted by molar-refractivity contribution is -0.152. The Kier molecular flexibility index (Phi) is 3.91. The molecule has 3 atom stereocenters. The quantitative estimate of drug-likeness (QED) is 0.301. The number of halogens is 1. The highest BCUT2D eigenvalue weighted by molar-refractivity contribution is 8.01. The summed E-state index contributed by atoms with van der Waals surface area (Å²) in [6.45, 7) is 3.09. The minimum absolute atomic E-state index is 0.217. The monoisotopic (exact) mass is 336 g/mol. The average molecular weight is 336 g/mol. The van der Waals surface area contributed by atoms with Crippen LogP contribution in [0, 0.1) is 5.92 Å². The van der Waals surface area contributed by atoms with Crippen LogP contribution in [-0.2, 0) is 4.79 Å². The highest BCUT2D eigenvalue weighted by atomic mass is 32.2. The molecule has 122 valence electrons. The third-order valence-electron chi connectivity index (χ3n) is 4.39. The number of hydrogen-bond acceptors (Lipinski definition) is 5. The van der Waals surface area contributed by atoms with Crippen LogP contribution in [0.15, 0.2) is 29.4 Å². The first kappa shape index (κ1) is 16.0. The minimum atomic E-state index is -0.697. The summed E-state index contributed by atoms with van der Waals surface area (Å²) in [7, 11) is 0. The molecule has 2 heterocycles. The van der Waals surface area contributed by atoms with Crippen LogP contribution in [0.2, 0.25) is 0 Å². The van der Waals surface area contributed by atoms with E-state index in [1.807, 2.05) is 13.8 Å². The van der Waals surface area contributed by atoms with Crippen LogP contribution in [0.25, 0.3) is 0 Å². The average Bonchev–Trinajstić information content (AvgIpc) is 2.76. The molecule has 5 nitrogen and oxygen atoms in total. The lowest BCUT2D eigenvalue weighted by atomic mass is 9.86. The summed E-state index contributed by atoms with van der Waals surface area (Å²) in [6.07, 6.45) is 1.20. The van der Waals surface area contributed by atoms with Gasteiger partial charge in [0.05, 0.1) is 17.5 Å². The van der Waals surface area contributed by atoms with Crippen LogP contribution in [0.1, 0.15) is 29.8 Å². The molecule has 7 heteroatoms. The summed E-state index contributed by atoms with van der Waals surface area (Å²) in [5.74, 6) is -1.17. The molecule has 2 aliphatic rings. The van der Waals surface area contributed by atoms with Crippen molar-refractivity contribution in [2.24, 2.45) is 11.1 Å². The summed E-state index contributed by atoms with van der Waals surface area (Å²) < 4.78 is 12.5. The molecule has 1 amide bonds. The first-order chi connectivity index (χ1) is 10.9. The second-order valence-corrected chi connectivity index (χ2v) is 7.99. The maximum Gasteiger partial charge on any atom is 0.232 e. The highest BCUT2D eigenvalue weighted by Crippen LogP contribution is 2.53. The number of hydrogen-bond donors (Lipinski definition) is 1. The van der Waals surface area contributed by atoms with Crippen LogP contribution in [-0.4, -0.2) is 50.8 Å². The molecule has 0 aliphatic carbocycles. The Hall–Kier alpha value is -1.89. The van der Waals surface area contributed by atoms with Crippen LogP contribution >= 0.6 is 11.8 Å². The van der Waals surface area contributed by atoms with Gasteiger partial charge in [0, 0.05) is 15.9 Å². The number of benzene rings is 1. The van der Waals surface area contributed by atoms with E-state index in [0.29, 0.717) is 11.1 Å². The van der Waals surface area contributed by atoms with Gasteiger partial charge in [-0.25, -0.2) is 0 Å². The van der Waals surface area contributed by atoms with Crippen molar-refractivity contribution in [1.82, 2.24) is 4.90 Å². The van der Waals surface area contributed by atoms with Crippen molar-refractivity contribution in [1.29, 1.82) is 0 Å². The van der Waals surface area contributed by atoms with Gasteiger partial charge in [0.25, 0.3) is 0 Å². The zero-order valence-corrected chi connectivity index (χ0v) is 13.6. The molecule has 1 N–H and O–H groups in total. The van der Waals surface area contributed by atoms with Gasteiger partial charge in [-0.05, 0) is 13.8 Å². The smallest absolute Gasteiger partial charge is 0.232 e. The van der Waals surface area contributed by atoms with Gasteiger partial charge < -0.3 is 10.1 Å². The number of carbonyl (C=O) groups is 2. The Bertz CT molecular complexity index is 692. The number of alkyl halides is 1. The summed E-state index contributed by atoms with van der Waals surface area (Å²) >= 11 is 1.47. The number of ketones is 1. The summed E-state index contributed by atoms with van der Waals surface area (Å²) in [5.41, 5.74) is 0.875. The predicted octanol–water partition coefficient (Wildman–Crippen LogP) is 2.33. The molecule has 2 fully saturated rings. The first-order valence-electron chi connectivity index (χ1n) is 7.29. The molecule has 0 saturated carbocycles. The molecular formula is C16H17FN2O3S. The van der Waals surface area contributed by atoms with Crippen LogP contribution in [0.5, 0.6) is 0 Å². The number of Topliss-reactive ketones (excluding diaryl/α,β-unsaturated/α-hetero) is 1. The van der Waals surface area contributed by atoms with Crippen molar-refractivity contribution >= 4 is 29.7 Å². The number of fused-ring (bicyclic) bond motifs is 1. The predicted molar refractivity (Wildman–Crippen MR) is 85.7 cm³/mol. The Morgan fingerprint density at radius 3 is 2.83 bits per heavy atom. The van der Waals surface area contributed by atoms with Gasteiger partial charge in [-0.2, -0.15) is 0 Å².